The molecule has 68 valence electrons. The summed E-state index contributed by atoms with van der Waals surface area (Å²) in [5.41, 5.74) is 0.420. The molecule has 1 spiro atoms. The van der Waals surface area contributed by atoms with Crippen LogP contribution in [0.3, 0.4) is 0 Å². The van der Waals surface area contributed by atoms with E-state index in [0.717, 1.165) is 5.92 Å². The fraction of sp³-hybridized carbons (Fsp3) is 1.00. The van der Waals surface area contributed by atoms with E-state index < -0.39 is 0 Å². The normalized spacial score (nSPS) is 57.2. The highest BCUT2D eigenvalue weighted by Gasteiger charge is 2.56. The summed E-state index contributed by atoms with van der Waals surface area (Å²) in [6, 6.07) is 0. The minimum Gasteiger partial charge on any atom is -0.392 e. The molecule has 1 N–H and O–H groups in total. The Bertz CT molecular complexity index is 195. The maximum absolute atomic E-state index is 10.2. The highest BCUT2D eigenvalue weighted by Crippen LogP contribution is 2.61. The molecule has 3 fully saturated rings. The third-order valence-electron chi connectivity index (χ3n) is 4.91. The van der Waals surface area contributed by atoms with Crippen molar-refractivity contribution in [1.82, 2.24) is 0 Å². The zero-order valence-electron chi connectivity index (χ0n) is 7.63. The first-order valence-electron chi connectivity index (χ1n) is 5.51. The maximum Gasteiger partial charge on any atom is 0.0627 e. The molecule has 0 aromatic rings. The fourth-order valence-corrected chi connectivity index (χ4v) is 4.27. The van der Waals surface area contributed by atoms with Crippen LogP contribution < -0.4 is 0 Å². The van der Waals surface area contributed by atoms with Gasteiger partial charge in [-0.15, -0.1) is 0 Å². The fourth-order valence-electron chi connectivity index (χ4n) is 4.27. The Labute approximate surface area is 74.2 Å². The quantitative estimate of drug-likeness (QED) is 0.585. The predicted molar refractivity (Wildman–Crippen MR) is 47.7 cm³/mol. The summed E-state index contributed by atoms with van der Waals surface area (Å²) in [5, 5.41) is 10.2. The minimum absolute atomic E-state index is 0.0822. The van der Waals surface area contributed by atoms with Crippen molar-refractivity contribution in [3.05, 3.63) is 0 Å². The number of fused-ring (bicyclic) bond motifs is 1. The Morgan fingerprint density at radius 1 is 1.00 bits per heavy atom. The van der Waals surface area contributed by atoms with E-state index in [-0.39, 0.29) is 6.10 Å². The molecule has 1 nitrogen and oxygen atoms in total. The molecule has 0 saturated heterocycles. The van der Waals surface area contributed by atoms with Gasteiger partial charge in [0.05, 0.1) is 6.10 Å². The molecule has 3 rings (SSSR count). The van der Waals surface area contributed by atoms with E-state index in [1.54, 1.807) is 0 Å². The number of hydrogen-bond acceptors (Lipinski definition) is 1. The van der Waals surface area contributed by atoms with Gasteiger partial charge in [-0.3, -0.25) is 0 Å². The van der Waals surface area contributed by atoms with Gasteiger partial charge < -0.3 is 5.11 Å². The van der Waals surface area contributed by atoms with Gasteiger partial charge in [0.2, 0.25) is 0 Å². The van der Waals surface area contributed by atoms with E-state index >= 15 is 0 Å². The largest absolute Gasteiger partial charge is 0.392 e. The van der Waals surface area contributed by atoms with Crippen LogP contribution >= 0.6 is 0 Å². The van der Waals surface area contributed by atoms with E-state index in [4.69, 9.17) is 0 Å². The first kappa shape index (κ1) is 7.37. The summed E-state index contributed by atoms with van der Waals surface area (Å²) in [6.45, 7) is 0. The zero-order chi connectivity index (χ0) is 8.18. The van der Waals surface area contributed by atoms with Crippen molar-refractivity contribution in [2.45, 2.75) is 51.0 Å². The van der Waals surface area contributed by atoms with Gasteiger partial charge in [-0.25, -0.2) is 0 Å². The first-order valence-corrected chi connectivity index (χ1v) is 5.51. The van der Waals surface area contributed by atoms with Crippen LogP contribution in [0, 0.1) is 17.3 Å². The molecule has 3 aliphatic carbocycles. The SMILES string of the molecule is O[C@@H]1[C@@H]2CC[C@@H]3CCC[C@@]31CC2. The molecule has 0 unspecified atom stereocenters. The maximum atomic E-state index is 10.2. The highest BCUT2D eigenvalue weighted by atomic mass is 16.3. The van der Waals surface area contributed by atoms with E-state index in [1.807, 2.05) is 0 Å². The van der Waals surface area contributed by atoms with Crippen LogP contribution in [0.4, 0.5) is 0 Å². The smallest absolute Gasteiger partial charge is 0.0627 e. The van der Waals surface area contributed by atoms with Gasteiger partial charge in [0, 0.05) is 0 Å². The molecule has 0 aromatic carbocycles. The summed E-state index contributed by atoms with van der Waals surface area (Å²) in [5.74, 6) is 1.57. The molecule has 3 aliphatic rings. The first-order chi connectivity index (χ1) is 5.83. The minimum atomic E-state index is 0.0822. The number of rotatable bonds is 0. The Balaban J connectivity index is 1.99. The van der Waals surface area contributed by atoms with E-state index in [2.05, 4.69) is 0 Å². The summed E-state index contributed by atoms with van der Waals surface area (Å²) in [6.07, 6.45) is 9.59. The summed E-state index contributed by atoms with van der Waals surface area (Å²) in [4.78, 5) is 0. The van der Waals surface area contributed by atoms with E-state index in [0.29, 0.717) is 11.3 Å². The predicted octanol–water partition coefficient (Wildman–Crippen LogP) is 2.34. The number of aliphatic hydroxyl groups excluding tert-OH is 1. The van der Waals surface area contributed by atoms with Crippen molar-refractivity contribution in [3.8, 4) is 0 Å². The third kappa shape index (κ3) is 0.693. The van der Waals surface area contributed by atoms with Gasteiger partial charge in [0.25, 0.3) is 0 Å². The van der Waals surface area contributed by atoms with E-state index in [1.165, 1.54) is 44.9 Å². The molecule has 12 heavy (non-hydrogen) atoms. The Kier molecular flexibility index (Phi) is 1.39. The van der Waals surface area contributed by atoms with Crippen molar-refractivity contribution in [1.29, 1.82) is 0 Å². The molecular formula is C11H18O. The molecule has 0 heterocycles. The average molecular weight is 166 g/mol. The summed E-state index contributed by atoms with van der Waals surface area (Å²) in [7, 11) is 0. The van der Waals surface area contributed by atoms with Crippen LogP contribution in [0.1, 0.15) is 44.9 Å². The Morgan fingerprint density at radius 2 is 1.92 bits per heavy atom. The van der Waals surface area contributed by atoms with Crippen molar-refractivity contribution < 1.29 is 5.11 Å². The van der Waals surface area contributed by atoms with Crippen LogP contribution in [0.5, 0.6) is 0 Å². The highest BCUT2D eigenvalue weighted by molar-refractivity contribution is 5.06. The van der Waals surface area contributed by atoms with Crippen molar-refractivity contribution in [3.63, 3.8) is 0 Å². The number of aliphatic hydroxyl groups is 1. The molecule has 0 radical (unpaired) electrons. The third-order valence-corrected chi connectivity index (χ3v) is 4.91. The van der Waals surface area contributed by atoms with Crippen molar-refractivity contribution in [2.75, 3.05) is 0 Å². The lowest BCUT2D eigenvalue weighted by molar-refractivity contribution is -0.0326. The lowest BCUT2D eigenvalue weighted by Gasteiger charge is -2.40. The Morgan fingerprint density at radius 3 is 2.83 bits per heavy atom. The second-order valence-corrected chi connectivity index (χ2v) is 5.14. The van der Waals surface area contributed by atoms with Crippen LogP contribution in [0.25, 0.3) is 0 Å². The average Bonchev–Trinajstić information content (AvgIpc) is 2.57. The van der Waals surface area contributed by atoms with Crippen molar-refractivity contribution >= 4 is 0 Å². The monoisotopic (exact) mass is 166 g/mol. The van der Waals surface area contributed by atoms with E-state index in [9.17, 15) is 5.11 Å². The molecule has 3 saturated carbocycles. The van der Waals surface area contributed by atoms with Crippen LogP contribution in [-0.2, 0) is 0 Å². The van der Waals surface area contributed by atoms with Gasteiger partial charge in [-0.05, 0) is 55.8 Å². The Hall–Kier alpha value is -0.0400. The molecular weight excluding hydrogens is 148 g/mol. The second kappa shape index (κ2) is 2.25. The van der Waals surface area contributed by atoms with Gasteiger partial charge in [-0.1, -0.05) is 6.42 Å². The van der Waals surface area contributed by atoms with Gasteiger partial charge in [0.15, 0.2) is 0 Å². The summed E-state index contributed by atoms with van der Waals surface area (Å²) >= 11 is 0. The topological polar surface area (TPSA) is 20.2 Å². The lowest BCUT2D eigenvalue weighted by atomic mass is 9.68. The van der Waals surface area contributed by atoms with Crippen LogP contribution in [0.2, 0.25) is 0 Å². The van der Waals surface area contributed by atoms with Gasteiger partial charge in [-0.2, -0.15) is 0 Å². The lowest BCUT2D eigenvalue weighted by Crippen LogP contribution is -2.40. The van der Waals surface area contributed by atoms with Crippen molar-refractivity contribution in [2.24, 2.45) is 17.3 Å². The second-order valence-electron chi connectivity index (χ2n) is 5.14. The van der Waals surface area contributed by atoms with Gasteiger partial charge in [0.1, 0.15) is 0 Å². The zero-order valence-corrected chi connectivity index (χ0v) is 7.63. The van der Waals surface area contributed by atoms with Crippen LogP contribution in [0.15, 0.2) is 0 Å². The molecule has 0 aromatic heterocycles. The molecule has 0 aliphatic heterocycles. The molecule has 1 heteroatoms. The standard InChI is InChI=1S/C11H18O/c12-10-8-3-4-9-2-1-6-11(9,10)7-5-8/h8-10,12H,1-7H2/t8-,9+,10-,11-/m1/s1. The van der Waals surface area contributed by atoms with Crippen LogP contribution in [-0.4, -0.2) is 11.2 Å². The molecule has 2 bridgehead atoms. The number of hydrogen-bond donors (Lipinski definition) is 1. The van der Waals surface area contributed by atoms with Gasteiger partial charge >= 0.3 is 0 Å². The molecule has 4 atom stereocenters. The molecule has 0 amide bonds. The summed E-state index contributed by atoms with van der Waals surface area (Å²) < 4.78 is 0.